The number of ether oxygens (including phenoxy) is 1. The molecule has 33 heavy (non-hydrogen) atoms. The van der Waals surface area contributed by atoms with Crippen molar-refractivity contribution in [2.45, 2.75) is 123 Å². The van der Waals surface area contributed by atoms with Crippen LogP contribution in [0.4, 0.5) is 0 Å². The number of hydrogen-bond donors (Lipinski definition) is 0. The molecule has 0 heterocycles. The van der Waals surface area contributed by atoms with Gasteiger partial charge in [-0.05, 0) is 38.1 Å². The van der Waals surface area contributed by atoms with E-state index in [9.17, 15) is 0 Å². The zero-order chi connectivity index (χ0) is 23.4. The van der Waals surface area contributed by atoms with Crippen LogP contribution in [-0.4, -0.2) is 30.6 Å². The van der Waals surface area contributed by atoms with Gasteiger partial charge in [0.15, 0.2) is 0 Å². The highest BCUT2D eigenvalue weighted by Gasteiger charge is 2.15. The van der Waals surface area contributed by atoms with Gasteiger partial charge in [0.05, 0.1) is 16.7 Å². The standard InChI is InChI=1S/C28H49Cl2NO.BrH/c1-4-7-8-9-10-11-12-13-14-15-16-17-18-19-25(31(5-2)6-3)22-23-32-26-20-21-27(29)28(30)24-26;/h20-21,24-25H,4-19,22-23H2,1-3H3;1H. The molecule has 1 aromatic carbocycles. The molecule has 2 nitrogen and oxygen atoms in total. The molecule has 1 unspecified atom stereocenters. The molecule has 0 N–H and O–H groups in total. The number of benzene rings is 1. The summed E-state index contributed by atoms with van der Waals surface area (Å²) in [5.41, 5.74) is 0. The Balaban J connectivity index is 0.0000102. The Morgan fingerprint density at radius 1 is 0.697 bits per heavy atom. The molecular weight excluding hydrogens is 517 g/mol. The van der Waals surface area contributed by atoms with Gasteiger partial charge in [-0.3, -0.25) is 0 Å². The van der Waals surface area contributed by atoms with Crippen LogP contribution < -0.4 is 4.74 Å². The first-order valence-corrected chi connectivity index (χ1v) is 14.2. The van der Waals surface area contributed by atoms with Crippen LogP contribution in [0.25, 0.3) is 0 Å². The Labute approximate surface area is 225 Å². The van der Waals surface area contributed by atoms with Crippen molar-refractivity contribution in [3.8, 4) is 5.75 Å². The van der Waals surface area contributed by atoms with Gasteiger partial charge in [-0.1, -0.05) is 127 Å². The van der Waals surface area contributed by atoms with E-state index in [2.05, 4.69) is 25.7 Å². The summed E-state index contributed by atoms with van der Waals surface area (Å²) in [6, 6.07) is 6.10. The van der Waals surface area contributed by atoms with E-state index in [-0.39, 0.29) is 17.0 Å². The van der Waals surface area contributed by atoms with E-state index in [0.717, 1.165) is 31.9 Å². The number of halogens is 3. The molecule has 1 aromatic rings. The van der Waals surface area contributed by atoms with E-state index >= 15 is 0 Å². The summed E-state index contributed by atoms with van der Waals surface area (Å²) in [6.07, 6.45) is 20.6. The van der Waals surface area contributed by atoms with Crippen LogP contribution in [0.5, 0.6) is 5.75 Å². The third kappa shape index (κ3) is 16.4. The monoisotopic (exact) mass is 565 g/mol. The molecule has 0 amide bonds. The van der Waals surface area contributed by atoms with E-state index in [1.165, 1.54) is 89.9 Å². The molecule has 0 aliphatic heterocycles. The van der Waals surface area contributed by atoms with Crippen molar-refractivity contribution >= 4 is 40.2 Å². The summed E-state index contributed by atoms with van der Waals surface area (Å²) < 4.78 is 5.96. The molecule has 5 heteroatoms. The van der Waals surface area contributed by atoms with Gasteiger partial charge in [-0.25, -0.2) is 0 Å². The highest BCUT2D eigenvalue weighted by atomic mass is 79.9. The van der Waals surface area contributed by atoms with E-state index < -0.39 is 0 Å². The van der Waals surface area contributed by atoms with Crippen molar-refractivity contribution < 1.29 is 4.74 Å². The predicted molar refractivity (Wildman–Crippen MR) is 154 cm³/mol. The zero-order valence-electron chi connectivity index (χ0n) is 21.6. The summed E-state index contributed by atoms with van der Waals surface area (Å²) >= 11 is 12.1. The van der Waals surface area contributed by atoms with Gasteiger partial charge in [0.1, 0.15) is 5.75 Å². The van der Waals surface area contributed by atoms with Crippen molar-refractivity contribution in [3.05, 3.63) is 28.2 Å². The predicted octanol–water partition coefficient (Wildman–Crippen LogP) is 10.5. The first kappa shape index (κ1) is 33.0. The minimum Gasteiger partial charge on any atom is -0.493 e. The lowest BCUT2D eigenvalue weighted by atomic mass is 10.0. The highest BCUT2D eigenvalue weighted by molar-refractivity contribution is 8.93. The normalized spacial score (nSPS) is 12.1. The Bertz CT molecular complexity index is 569. The maximum atomic E-state index is 6.10. The van der Waals surface area contributed by atoms with E-state index in [4.69, 9.17) is 27.9 Å². The topological polar surface area (TPSA) is 12.5 Å². The molecule has 0 radical (unpaired) electrons. The molecule has 0 aromatic heterocycles. The summed E-state index contributed by atoms with van der Waals surface area (Å²) in [5.74, 6) is 0.804. The summed E-state index contributed by atoms with van der Waals surface area (Å²) in [6.45, 7) is 9.74. The molecular formula is C28H50BrCl2NO. The summed E-state index contributed by atoms with van der Waals surface area (Å²) in [5, 5.41) is 1.12. The Hall–Kier alpha value is 0.0400. The molecule has 0 saturated carbocycles. The highest BCUT2D eigenvalue weighted by Crippen LogP contribution is 2.26. The summed E-state index contributed by atoms with van der Waals surface area (Å²) in [7, 11) is 0. The van der Waals surface area contributed by atoms with E-state index in [0.29, 0.717) is 16.1 Å². The van der Waals surface area contributed by atoms with Gasteiger partial charge in [0.2, 0.25) is 0 Å². The first-order chi connectivity index (χ1) is 15.6. The fourth-order valence-corrected chi connectivity index (χ4v) is 4.81. The smallest absolute Gasteiger partial charge is 0.120 e. The maximum absolute atomic E-state index is 6.10. The number of unbranched alkanes of at least 4 members (excludes halogenated alkanes) is 12. The maximum Gasteiger partial charge on any atom is 0.120 e. The van der Waals surface area contributed by atoms with Crippen molar-refractivity contribution in [1.82, 2.24) is 4.90 Å². The van der Waals surface area contributed by atoms with Gasteiger partial charge in [0, 0.05) is 12.1 Å². The molecule has 194 valence electrons. The van der Waals surface area contributed by atoms with Crippen molar-refractivity contribution in [3.63, 3.8) is 0 Å². The van der Waals surface area contributed by atoms with Crippen LogP contribution in [0.2, 0.25) is 10.0 Å². The van der Waals surface area contributed by atoms with E-state index in [1.807, 2.05) is 12.1 Å². The SMILES string of the molecule is Br.CCCCCCCCCCCCCCCC(CCOc1ccc(Cl)c(Cl)c1)N(CC)CC. The van der Waals surface area contributed by atoms with E-state index in [1.54, 1.807) is 6.07 Å². The van der Waals surface area contributed by atoms with Gasteiger partial charge in [0.25, 0.3) is 0 Å². The Morgan fingerprint density at radius 3 is 1.70 bits per heavy atom. The third-order valence-electron chi connectivity index (χ3n) is 6.58. The van der Waals surface area contributed by atoms with Crippen LogP contribution in [-0.2, 0) is 0 Å². The van der Waals surface area contributed by atoms with Gasteiger partial charge in [-0.15, -0.1) is 17.0 Å². The Kier molecular flexibility index (Phi) is 22.5. The molecule has 1 rings (SSSR count). The average Bonchev–Trinajstić information content (AvgIpc) is 2.79. The molecule has 0 saturated heterocycles. The van der Waals surface area contributed by atoms with Crippen molar-refractivity contribution in [2.75, 3.05) is 19.7 Å². The fourth-order valence-electron chi connectivity index (χ4n) is 4.53. The fraction of sp³-hybridized carbons (Fsp3) is 0.786. The second-order valence-electron chi connectivity index (χ2n) is 9.12. The average molecular weight is 568 g/mol. The minimum atomic E-state index is 0. The van der Waals surface area contributed by atoms with Crippen LogP contribution in [0.3, 0.4) is 0 Å². The number of nitrogens with zero attached hydrogens (tertiary/aromatic N) is 1. The second-order valence-corrected chi connectivity index (χ2v) is 9.93. The quantitative estimate of drug-likeness (QED) is 0.137. The Morgan fingerprint density at radius 2 is 1.21 bits per heavy atom. The largest absolute Gasteiger partial charge is 0.493 e. The van der Waals surface area contributed by atoms with Crippen molar-refractivity contribution in [1.29, 1.82) is 0 Å². The molecule has 0 aliphatic carbocycles. The lowest BCUT2D eigenvalue weighted by molar-refractivity contribution is 0.165. The van der Waals surface area contributed by atoms with Gasteiger partial charge in [-0.2, -0.15) is 0 Å². The van der Waals surface area contributed by atoms with Crippen LogP contribution >= 0.6 is 40.2 Å². The summed E-state index contributed by atoms with van der Waals surface area (Å²) in [4.78, 5) is 2.58. The number of rotatable bonds is 21. The third-order valence-corrected chi connectivity index (χ3v) is 7.32. The molecule has 0 bridgehead atoms. The first-order valence-electron chi connectivity index (χ1n) is 13.4. The lowest BCUT2D eigenvalue weighted by Gasteiger charge is -2.30. The zero-order valence-corrected chi connectivity index (χ0v) is 24.8. The second kappa shape index (κ2) is 22.5. The van der Waals surface area contributed by atoms with Crippen LogP contribution in [0.1, 0.15) is 117 Å². The van der Waals surface area contributed by atoms with Gasteiger partial charge >= 0.3 is 0 Å². The van der Waals surface area contributed by atoms with Crippen LogP contribution in [0, 0.1) is 0 Å². The van der Waals surface area contributed by atoms with Crippen molar-refractivity contribution in [2.24, 2.45) is 0 Å². The molecule has 1 atom stereocenters. The van der Waals surface area contributed by atoms with Gasteiger partial charge < -0.3 is 9.64 Å². The molecule has 0 aliphatic rings. The van der Waals surface area contributed by atoms with Crippen LogP contribution in [0.15, 0.2) is 18.2 Å². The minimum absolute atomic E-state index is 0. The number of hydrogen-bond acceptors (Lipinski definition) is 2. The molecule has 0 spiro atoms. The lowest BCUT2D eigenvalue weighted by Crippen LogP contribution is -2.36. The molecule has 0 fully saturated rings.